The van der Waals surface area contributed by atoms with Gasteiger partial charge >= 0.3 is 0 Å². The fourth-order valence-electron chi connectivity index (χ4n) is 2.06. The number of ether oxygens (including phenoxy) is 1. The molecular formula is C15H24BrNO. The van der Waals surface area contributed by atoms with Gasteiger partial charge in [0.1, 0.15) is 5.75 Å². The van der Waals surface area contributed by atoms with Crippen molar-refractivity contribution in [2.75, 3.05) is 13.2 Å². The molecule has 1 aromatic rings. The van der Waals surface area contributed by atoms with Crippen molar-refractivity contribution in [3.05, 3.63) is 28.7 Å². The van der Waals surface area contributed by atoms with Crippen LogP contribution in [0.25, 0.3) is 0 Å². The number of hydrogen-bond donors (Lipinski definition) is 1. The summed E-state index contributed by atoms with van der Waals surface area (Å²) in [6.45, 7) is 6.25. The zero-order valence-corrected chi connectivity index (χ0v) is 13.0. The standard InChI is InChI=1S/C15H24BrNO/c1-3-7-14(17-4-2)9-6-11-18-15-10-5-8-13(16)12-15/h5,8,10,12,14,17H,3-4,6-7,9,11H2,1-2H3. The lowest BCUT2D eigenvalue weighted by atomic mass is 10.1. The highest BCUT2D eigenvalue weighted by atomic mass is 79.9. The van der Waals surface area contributed by atoms with Gasteiger partial charge in [-0.3, -0.25) is 0 Å². The first kappa shape index (κ1) is 15.5. The predicted octanol–water partition coefficient (Wildman–Crippen LogP) is 4.39. The van der Waals surface area contributed by atoms with E-state index in [1.165, 1.54) is 19.3 Å². The molecule has 0 aromatic heterocycles. The van der Waals surface area contributed by atoms with E-state index in [1.807, 2.05) is 24.3 Å². The Hall–Kier alpha value is -0.540. The van der Waals surface area contributed by atoms with Crippen LogP contribution in [0.15, 0.2) is 28.7 Å². The fraction of sp³-hybridized carbons (Fsp3) is 0.600. The third-order valence-corrected chi connectivity index (χ3v) is 3.38. The van der Waals surface area contributed by atoms with Gasteiger partial charge in [-0.1, -0.05) is 42.3 Å². The van der Waals surface area contributed by atoms with Crippen LogP contribution in [0.4, 0.5) is 0 Å². The van der Waals surface area contributed by atoms with E-state index in [0.29, 0.717) is 6.04 Å². The second kappa shape index (κ2) is 9.40. The average Bonchev–Trinajstić information content (AvgIpc) is 2.35. The van der Waals surface area contributed by atoms with Gasteiger partial charge in [0, 0.05) is 10.5 Å². The van der Waals surface area contributed by atoms with Crippen molar-refractivity contribution in [2.24, 2.45) is 0 Å². The zero-order chi connectivity index (χ0) is 13.2. The summed E-state index contributed by atoms with van der Waals surface area (Å²) >= 11 is 3.45. The van der Waals surface area contributed by atoms with E-state index < -0.39 is 0 Å². The lowest BCUT2D eigenvalue weighted by Gasteiger charge is -2.17. The molecule has 1 atom stereocenters. The molecule has 1 rings (SSSR count). The minimum absolute atomic E-state index is 0.645. The first-order chi connectivity index (χ1) is 8.76. The van der Waals surface area contributed by atoms with E-state index in [-0.39, 0.29) is 0 Å². The van der Waals surface area contributed by atoms with Crippen molar-refractivity contribution in [3.8, 4) is 5.75 Å². The van der Waals surface area contributed by atoms with Gasteiger partial charge in [-0.25, -0.2) is 0 Å². The predicted molar refractivity (Wildman–Crippen MR) is 81.2 cm³/mol. The number of nitrogens with one attached hydrogen (secondary N) is 1. The first-order valence-electron chi connectivity index (χ1n) is 6.88. The molecule has 0 spiro atoms. The summed E-state index contributed by atoms with van der Waals surface area (Å²) in [7, 11) is 0. The van der Waals surface area contributed by atoms with Gasteiger partial charge in [-0.15, -0.1) is 0 Å². The van der Waals surface area contributed by atoms with Crippen LogP contribution < -0.4 is 10.1 Å². The Bertz CT molecular complexity index is 324. The second-order valence-electron chi connectivity index (χ2n) is 4.49. The average molecular weight is 314 g/mol. The minimum Gasteiger partial charge on any atom is -0.494 e. The highest BCUT2D eigenvalue weighted by Gasteiger charge is 2.05. The van der Waals surface area contributed by atoms with Gasteiger partial charge in [0.05, 0.1) is 6.61 Å². The monoisotopic (exact) mass is 313 g/mol. The molecule has 18 heavy (non-hydrogen) atoms. The molecule has 0 saturated carbocycles. The van der Waals surface area contributed by atoms with Crippen LogP contribution >= 0.6 is 15.9 Å². The topological polar surface area (TPSA) is 21.3 Å². The molecule has 0 aliphatic rings. The van der Waals surface area contributed by atoms with Crippen molar-refractivity contribution in [1.29, 1.82) is 0 Å². The van der Waals surface area contributed by atoms with Crippen molar-refractivity contribution in [1.82, 2.24) is 5.32 Å². The first-order valence-corrected chi connectivity index (χ1v) is 7.67. The Morgan fingerprint density at radius 1 is 1.28 bits per heavy atom. The maximum absolute atomic E-state index is 5.74. The van der Waals surface area contributed by atoms with Gasteiger partial charge in [-0.2, -0.15) is 0 Å². The quantitative estimate of drug-likeness (QED) is 0.683. The van der Waals surface area contributed by atoms with E-state index >= 15 is 0 Å². The lowest BCUT2D eigenvalue weighted by molar-refractivity contribution is 0.293. The SMILES string of the molecule is CCCC(CCCOc1cccc(Br)c1)NCC. The Morgan fingerprint density at radius 3 is 2.78 bits per heavy atom. The molecule has 0 aliphatic carbocycles. The summed E-state index contributed by atoms with van der Waals surface area (Å²) in [5, 5.41) is 3.53. The zero-order valence-electron chi connectivity index (χ0n) is 11.4. The minimum atomic E-state index is 0.645. The van der Waals surface area contributed by atoms with Crippen molar-refractivity contribution in [3.63, 3.8) is 0 Å². The summed E-state index contributed by atoms with van der Waals surface area (Å²) in [6.07, 6.45) is 4.79. The van der Waals surface area contributed by atoms with Crippen LogP contribution in [0.5, 0.6) is 5.75 Å². The molecule has 0 amide bonds. The smallest absolute Gasteiger partial charge is 0.120 e. The normalized spacial score (nSPS) is 12.4. The molecule has 0 aliphatic heterocycles. The third-order valence-electron chi connectivity index (χ3n) is 2.89. The Morgan fingerprint density at radius 2 is 2.11 bits per heavy atom. The van der Waals surface area contributed by atoms with Crippen molar-refractivity contribution in [2.45, 2.75) is 45.6 Å². The van der Waals surface area contributed by atoms with Crippen molar-refractivity contribution < 1.29 is 4.74 Å². The molecule has 0 bridgehead atoms. The summed E-state index contributed by atoms with van der Waals surface area (Å²) in [5.41, 5.74) is 0. The summed E-state index contributed by atoms with van der Waals surface area (Å²) in [6, 6.07) is 8.66. The van der Waals surface area contributed by atoms with Gasteiger partial charge in [0.15, 0.2) is 0 Å². The van der Waals surface area contributed by atoms with E-state index in [1.54, 1.807) is 0 Å². The number of hydrogen-bond acceptors (Lipinski definition) is 2. The van der Waals surface area contributed by atoms with Gasteiger partial charge < -0.3 is 10.1 Å². The van der Waals surface area contributed by atoms with Crippen LogP contribution in [0, 0.1) is 0 Å². The van der Waals surface area contributed by atoms with Crippen molar-refractivity contribution >= 4 is 15.9 Å². The Kier molecular flexibility index (Phi) is 8.10. The van der Waals surface area contributed by atoms with E-state index in [9.17, 15) is 0 Å². The van der Waals surface area contributed by atoms with Crippen LogP contribution in [0.1, 0.15) is 39.5 Å². The summed E-state index contributed by atoms with van der Waals surface area (Å²) in [5.74, 6) is 0.944. The van der Waals surface area contributed by atoms with E-state index in [4.69, 9.17) is 4.74 Å². The van der Waals surface area contributed by atoms with Crippen LogP contribution in [0.3, 0.4) is 0 Å². The molecule has 3 heteroatoms. The van der Waals surface area contributed by atoms with E-state index in [0.717, 1.165) is 29.8 Å². The molecule has 102 valence electrons. The Labute approximate surface area is 119 Å². The number of halogens is 1. The molecule has 0 saturated heterocycles. The summed E-state index contributed by atoms with van der Waals surface area (Å²) < 4.78 is 6.80. The van der Waals surface area contributed by atoms with Crippen LogP contribution in [0.2, 0.25) is 0 Å². The molecule has 1 N–H and O–H groups in total. The maximum atomic E-state index is 5.74. The highest BCUT2D eigenvalue weighted by molar-refractivity contribution is 9.10. The molecular weight excluding hydrogens is 290 g/mol. The summed E-state index contributed by atoms with van der Waals surface area (Å²) in [4.78, 5) is 0. The van der Waals surface area contributed by atoms with Crippen LogP contribution in [-0.4, -0.2) is 19.2 Å². The highest BCUT2D eigenvalue weighted by Crippen LogP contribution is 2.18. The molecule has 1 unspecified atom stereocenters. The Balaban J connectivity index is 2.20. The maximum Gasteiger partial charge on any atom is 0.120 e. The lowest BCUT2D eigenvalue weighted by Crippen LogP contribution is -2.29. The molecule has 0 radical (unpaired) electrons. The molecule has 1 aromatic carbocycles. The molecule has 2 nitrogen and oxygen atoms in total. The van der Waals surface area contributed by atoms with E-state index in [2.05, 4.69) is 35.1 Å². The van der Waals surface area contributed by atoms with Gasteiger partial charge in [0.2, 0.25) is 0 Å². The number of benzene rings is 1. The van der Waals surface area contributed by atoms with Crippen LogP contribution in [-0.2, 0) is 0 Å². The van der Waals surface area contributed by atoms with Gasteiger partial charge in [-0.05, 0) is 44.0 Å². The largest absolute Gasteiger partial charge is 0.494 e. The van der Waals surface area contributed by atoms with Gasteiger partial charge in [0.25, 0.3) is 0 Å². The third kappa shape index (κ3) is 6.41. The number of rotatable bonds is 9. The fourth-order valence-corrected chi connectivity index (χ4v) is 2.44. The molecule has 0 fully saturated rings. The second-order valence-corrected chi connectivity index (χ2v) is 5.41. The molecule has 0 heterocycles.